The maximum absolute atomic E-state index is 12.9. The van der Waals surface area contributed by atoms with E-state index in [1.807, 2.05) is 0 Å². The highest BCUT2D eigenvalue weighted by atomic mass is 16.4. The van der Waals surface area contributed by atoms with E-state index in [1.165, 1.54) is 50.7 Å². The van der Waals surface area contributed by atoms with Gasteiger partial charge in [-0.25, -0.2) is 4.79 Å². The highest BCUT2D eigenvalue weighted by Crippen LogP contribution is 2.19. The van der Waals surface area contributed by atoms with Gasteiger partial charge in [0.15, 0.2) is 0 Å². The molecular weight excluding hydrogens is 444 g/mol. The van der Waals surface area contributed by atoms with Gasteiger partial charge in [0, 0.05) is 12.1 Å². The minimum absolute atomic E-state index is 0.0463. The fraction of sp³-hybridized carbons (Fsp3) is 0.630. The first-order chi connectivity index (χ1) is 17.0. The second-order valence-electron chi connectivity index (χ2n) is 9.07. The second kappa shape index (κ2) is 16.8. The van der Waals surface area contributed by atoms with E-state index in [-0.39, 0.29) is 11.5 Å². The molecule has 0 saturated heterocycles. The molecule has 2 rings (SSSR count). The Morgan fingerprint density at radius 3 is 2.11 bits per heavy atom. The lowest BCUT2D eigenvalue weighted by Crippen LogP contribution is -2.46. The third-order valence-electron chi connectivity index (χ3n) is 6.04. The van der Waals surface area contributed by atoms with Crippen LogP contribution in [0.15, 0.2) is 28.7 Å². The van der Waals surface area contributed by atoms with Crippen molar-refractivity contribution in [2.45, 2.75) is 96.9 Å². The van der Waals surface area contributed by atoms with Gasteiger partial charge < -0.3 is 20.2 Å². The Labute approximate surface area is 209 Å². The van der Waals surface area contributed by atoms with Crippen molar-refractivity contribution >= 4 is 11.9 Å². The zero-order valence-corrected chi connectivity index (χ0v) is 21.4. The maximum Gasteiger partial charge on any atom is 0.335 e. The normalized spacial score (nSPS) is 11.9. The standard InChI is InChI=1S/C27H42N4O4/c1-3-5-7-9-10-11-13-18-28-23(25(32)29-19-12-8-6-4-2)20-24-30-31-26(35-24)21-14-16-22(17-15-21)27(33)34/h14-17,23,28H,3-13,18-20H2,1-2H3,(H,29,32)(H,33,34). The van der Waals surface area contributed by atoms with Crippen molar-refractivity contribution in [1.29, 1.82) is 0 Å². The molecule has 0 aliphatic rings. The predicted molar refractivity (Wildman–Crippen MR) is 137 cm³/mol. The Morgan fingerprint density at radius 2 is 1.46 bits per heavy atom. The Kier molecular flexibility index (Phi) is 13.7. The van der Waals surface area contributed by atoms with Crippen LogP contribution in [0.4, 0.5) is 0 Å². The number of aromatic nitrogens is 2. The van der Waals surface area contributed by atoms with Crippen molar-refractivity contribution in [2.75, 3.05) is 13.1 Å². The third kappa shape index (κ3) is 11.0. The van der Waals surface area contributed by atoms with E-state index in [0.717, 1.165) is 38.6 Å². The largest absolute Gasteiger partial charge is 0.478 e. The number of nitrogens with zero attached hydrogens (tertiary/aromatic N) is 2. The van der Waals surface area contributed by atoms with E-state index in [2.05, 4.69) is 34.7 Å². The fourth-order valence-corrected chi connectivity index (χ4v) is 3.89. The van der Waals surface area contributed by atoms with Gasteiger partial charge in [-0.05, 0) is 43.7 Å². The second-order valence-corrected chi connectivity index (χ2v) is 9.07. The summed E-state index contributed by atoms with van der Waals surface area (Å²) in [7, 11) is 0. The van der Waals surface area contributed by atoms with Crippen LogP contribution in [-0.4, -0.2) is 46.3 Å². The molecule has 0 aliphatic heterocycles. The summed E-state index contributed by atoms with van der Waals surface area (Å²) in [5, 5.41) is 23.7. The zero-order chi connectivity index (χ0) is 25.3. The molecule has 0 aliphatic carbocycles. The summed E-state index contributed by atoms with van der Waals surface area (Å²) in [5.74, 6) is -0.350. The topological polar surface area (TPSA) is 117 Å². The van der Waals surface area contributed by atoms with Gasteiger partial charge in [0.1, 0.15) is 0 Å². The highest BCUT2D eigenvalue weighted by molar-refractivity contribution is 5.88. The lowest BCUT2D eigenvalue weighted by Gasteiger charge is -2.17. The van der Waals surface area contributed by atoms with Crippen molar-refractivity contribution in [3.05, 3.63) is 35.7 Å². The van der Waals surface area contributed by atoms with Crippen molar-refractivity contribution in [2.24, 2.45) is 0 Å². The van der Waals surface area contributed by atoms with Crippen LogP contribution in [0.5, 0.6) is 0 Å². The van der Waals surface area contributed by atoms with Crippen LogP contribution >= 0.6 is 0 Å². The van der Waals surface area contributed by atoms with Gasteiger partial charge in [-0.1, -0.05) is 71.6 Å². The van der Waals surface area contributed by atoms with Crippen LogP contribution in [0, 0.1) is 0 Å². The number of unbranched alkanes of at least 4 members (excludes halogenated alkanes) is 9. The number of amides is 1. The summed E-state index contributed by atoms with van der Waals surface area (Å²) in [6.07, 6.45) is 13.2. The van der Waals surface area contributed by atoms with Gasteiger partial charge in [-0.3, -0.25) is 4.79 Å². The fourth-order valence-electron chi connectivity index (χ4n) is 3.89. The van der Waals surface area contributed by atoms with E-state index < -0.39 is 12.0 Å². The van der Waals surface area contributed by atoms with E-state index in [9.17, 15) is 9.59 Å². The number of hydrogen-bond acceptors (Lipinski definition) is 6. The smallest absolute Gasteiger partial charge is 0.335 e. The van der Waals surface area contributed by atoms with E-state index in [1.54, 1.807) is 12.1 Å². The molecule has 1 aromatic carbocycles. The molecule has 0 bridgehead atoms. The van der Waals surface area contributed by atoms with Crippen LogP contribution in [0.1, 0.15) is 101 Å². The van der Waals surface area contributed by atoms with Crippen molar-refractivity contribution < 1.29 is 19.1 Å². The van der Waals surface area contributed by atoms with E-state index in [4.69, 9.17) is 9.52 Å². The Hall–Kier alpha value is -2.74. The summed E-state index contributed by atoms with van der Waals surface area (Å²) in [6.45, 7) is 5.82. The number of carboxylic acid groups (broad SMARTS) is 1. The van der Waals surface area contributed by atoms with E-state index in [0.29, 0.717) is 30.3 Å². The van der Waals surface area contributed by atoms with Crippen LogP contribution in [0.3, 0.4) is 0 Å². The molecule has 1 atom stereocenters. The van der Waals surface area contributed by atoms with Crippen LogP contribution in [0.2, 0.25) is 0 Å². The molecule has 194 valence electrons. The average molecular weight is 487 g/mol. The molecule has 1 aromatic heterocycles. The van der Waals surface area contributed by atoms with Crippen molar-refractivity contribution in [3.63, 3.8) is 0 Å². The van der Waals surface area contributed by atoms with Crippen LogP contribution in [0.25, 0.3) is 11.5 Å². The Bertz CT molecular complexity index is 866. The lowest BCUT2D eigenvalue weighted by atomic mass is 10.1. The predicted octanol–water partition coefficient (Wildman–Crippen LogP) is 5.38. The molecule has 0 spiro atoms. The quantitative estimate of drug-likeness (QED) is 0.228. The number of carbonyl (C=O) groups is 2. The van der Waals surface area contributed by atoms with Crippen molar-refractivity contribution in [3.8, 4) is 11.5 Å². The first kappa shape index (κ1) is 28.5. The number of carboxylic acids is 1. The summed E-state index contributed by atoms with van der Waals surface area (Å²) in [4.78, 5) is 23.9. The van der Waals surface area contributed by atoms with E-state index >= 15 is 0 Å². The summed E-state index contributed by atoms with van der Waals surface area (Å²) in [6, 6.07) is 5.84. The first-order valence-corrected chi connectivity index (χ1v) is 13.2. The highest BCUT2D eigenvalue weighted by Gasteiger charge is 2.21. The molecule has 3 N–H and O–H groups in total. The number of benzene rings is 1. The SMILES string of the molecule is CCCCCCCCCNC(Cc1nnc(-c2ccc(C(=O)O)cc2)o1)C(=O)NCCCCCC. The molecule has 8 heteroatoms. The summed E-state index contributed by atoms with van der Waals surface area (Å²) < 4.78 is 5.80. The number of carbonyl (C=O) groups excluding carboxylic acids is 1. The van der Waals surface area contributed by atoms with Gasteiger partial charge in [0.25, 0.3) is 0 Å². The van der Waals surface area contributed by atoms with Crippen LogP contribution < -0.4 is 10.6 Å². The van der Waals surface area contributed by atoms with Gasteiger partial charge in [-0.2, -0.15) is 0 Å². The minimum Gasteiger partial charge on any atom is -0.478 e. The van der Waals surface area contributed by atoms with Crippen molar-refractivity contribution in [1.82, 2.24) is 20.8 Å². The molecular formula is C27H42N4O4. The molecule has 1 unspecified atom stereocenters. The Morgan fingerprint density at radius 1 is 0.857 bits per heavy atom. The maximum atomic E-state index is 12.9. The lowest BCUT2D eigenvalue weighted by molar-refractivity contribution is -0.123. The van der Waals surface area contributed by atoms with Gasteiger partial charge in [-0.15, -0.1) is 10.2 Å². The molecule has 0 fully saturated rings. The summed E-state index contributed by atoms with van der Waals surface area (Å²) >= 11 is 0. The molecule has 0 radical (unpaired) electrons. The monoisotopic (exact) mass is 486 g/mol. The number of aromatic carboxylic acids is 1. The van der Waals surface area contributed by atoms with Gasteiger partial charge >= 0.3 is 5.97 Å². The average Bonchev–Trinajstić information content (AvgIpc) is 3.33. The molecule has 35 heavy (non-hydrogen) atoms. The Balaban J connectivity index is 1.91. The first-order valence-electron chi connectivity index (χ1n) is 13.2. The molecule has 1 heterocycles. The number of hydrogen-bond donors (Lipinski definition) is 3. The third-order valence-corrected chi connectivity index (χ3v) is 6.04. The molecule has 2 aromatic rings. The molecule has 8 nitrogen and oxygen atoms in total. The summed E-state index contributed by atoms with van der Waals surface area (Å²) in [5.41, 5.74) is 0.834. The molecule has 1 amide bonds. The zero-order valence-electron chi connectivity index (χ0n) is 21.4. The van der Waals surface area contributed by atoms with Gasteiger partial charge in [0.05, 0.1) is 18.0 Å². The number of rotatable bonds is 19. The van der Waals surface area contributed by atoms with Gasteiger partial charge in [0.2, 0.25) is 17.7 Å². The minimum atomic E-state index is -0.988. The molecule has 0 saturated carbocycles. The van der Waals surface area contributed by atoms with Crippen LogP contribution in [-0.2, 0) is 11.2 Å². The number of nitrogens with one attached hydrogen (secondary N) is 2.